The first-order valence-electron chi connectivity index (χ1n) is 6.69. The highest BCUT2D eigenvalue weighted by molar-refractivity contribution is 6.30. The van der Waals surface area contributed by atoms with E-state index in [1.54, 1.807) is 17.0 Å². The molecule has 0 saturated carbocycles. The molecular formula is C15H19ClFNO2. The minimum Gasteiger partial charge on any atom is -0.444 e. The van der Waals surface area contributed by atoms with Crippen molar-refractivity contribution in [3.8, 4) is 0 Å². The second-order valence-corrected chi connectivity index (χ2v) is 6.51. The molecule has 20 heavy (non-hydrogen) atoms. The third-order valence-electron chi connectivity index (χ3n) is 3.24. The summed E-state index contributed by atoms with van der Waals surface area (Å²) in [6.07, 6.45) is 0.395. The predicted octanol–water partition coefficient (Wildman–Crippen LogP) is 4.20. The van der Waals surface area contributed by atoms with Gasteiger partial charge in [-0.05, 0) is 44.9 Å². The highest BCUT2D eigenvalue weighted by atomic mass is 35.5. The van der Waals surface area contributed by atoms with Crippen molar-refractivity contribution in [3.63, 3.8) is 0 Å². The van der Waals surface area contributed by atoms with E-state index < -0.39 is 5.60 Å². The van der Waals surface area contributed by atoms with Gasteiger partial charge in [-0.25, -0.2) is 9.18 Å². The largest absolute Gasteiger partial charge is 0.444 e. The third-order valence-corrected chi connectivity index (χ3v) is 3.48. The van der Waals surface area contributed by atoms with Crippen molar-refractivity contribution in [2.24, 2.45) is 0 Å². The first-order valence-corrected chi connectivity index (χ1v) is 7.07. The van der Waals surface area contributed by atoms with Crippen LogP contribution in [0, 0.1) is 5.82 Å². The van der Waals surface area contributed by atoms with Crippen molar-refractivity contribution >= 4 is 17.7 Å². The number of carbonyl (C=O) groups is 1. The van der Waals surface area contributed by atoms with E-state index in [-0.39, 0.29) is 17.8 Å². The number of hydrogen-bond acceptors (Lipinski definition) is 2. The average Bonchev–Trinajstić information content (AvgIpc) is 2.75. The molecule has 0 aromatic heterocycles. The molecule has 1 unspecified atom stereocenters. The van der Waals surface area contributed by atoms with Crippen LogP contribution in [0.4, 0.5) is 9.18 Å². The lowest BCUT2D eigenvalue weighted by Gasteiger charge is -2.24. The Hall–Kier alpha value is -1.29. The molecule has 1 saturated heterocycles. The second-order valence-electron chi connectivity index (χ2n) is 6.08. The molecule has 0 spiro atoms. The molecule has 5 heteroatoms. The van der Waals surface area contributed by atoms with Gasteiger partial charge in [-0.3, -0.25) is 0 Å². The summed E-state index contributed by atoms with van der Waals surface area (Å²) in [5.74, 6) is -0.312. The maximum atomic E-state index is 13.9. The predicted molar refractivity (Wildman–Crippen MR) is 76.6 cm³/mol. The molecule has 110 valence electrons. The van der Waals surface area contributed by atoms with Crippen LogP contribution in [0.5, 0.6) is 0 Å². The Morgan fingerprint density at radius 2 is 2.15 bits per heavy atom. The summed E-state index contributed by atoms with van der Waals surface area (Å²) in [6.45, 7) is 6.56. The standard InChI is InChI=1S/C15H19ClFNO2/c1-15(2,3)20-14(19)18-7-6-10(9-18)12-5-4-11(16)8-13(12)17/h4-5,8,10H,6-7,9H2,1-3H3. The van der Waals surface area contributed by atoms with Crippen LogP contribution in [0.15, 0.2) is 18.2 Å². The summed E-state index contributed by atoms with van der Waals surface area (Å²) in [7, 11) is 0. The van der Waals surface area contributed by atoms with Gasteiger partial charge in [0.15, 0.2) is 0 Å². The second kappa shape index (κ2) is 5.60. The van der Waals surface area contributed by atoms with E-state index in [9.17, 15) is 9.18 Å². The van der Waals surface area contributed by atoms with Crippen LogP contribution in [0.3, 0.4) is 0 Å². The molecule has 2 rings (SSSR count). The number of amides is 1. The lowest BCUT2D eigenvalue weighted by atomic mass is 9.98. The van der Waals surface area contributed by atoms with Gasteiger partial charge in [0.05, 0.1) is 0 Å². The number of carbonyl (C=O) groups excluding carboxylic acids is 1. The van der Waals surface area contributed by atoms with Gasteiger partial charge in [0.25, 0.3) is 0 Å². The van der Waals surface area contributed by atoms with E-state index in [0.29, 0.717) is 23.7 Å². The molecule has 1 aromatic rings. The fourth-order valence-corrected chi connectivity index (χ4v) is 2.50. The van der Waals surface area contributed by atoms with Crippen molar-refractivity contribution in [1.82, 2.24) is 4.90 Å². The van der Waals surface area contributed by atoms with E-state index in [0.717, 1.165) is 6.42 Å². The number of nitrogens with zero attached hydrogens (tertiary/aromatic N) is 1. The molecule has 1 aromatic carbocycles. The van der Waals surface area contributed by atoms with Crippen molar-refractivity contribution in [1.29, 1.82) is 0 Å². The van der Waals surface area contributed by atoms with Gasteiger partial charge in [0.2, 0.25) is 0 Å². The van der Waals surface area contributed by atoms with E-state index in [1.165, 1.54) is 6.07 Å². The Morgan fingerprint density at radius 1 is 1.45 bits per heavy atom. The van der Waals surface area contributed by atoms with Gasteiger partial charge in [-0.2, -0.15) is 0 Å². The number of likely N-dealkylation sites (tertiary alicyclic amines) is 1. The van der Waals surface area contributed by atoms with Gasteiger partial charge in [-0.15, -0.1) is 0 Å². The van der Waals surface area contributed by atoms with Crippen molar-refractivity contribution < 1.29 is 13.9 Å². The maximum Gasteiger partial charge on any atom is 0.410 e. The van der Waals surface area contributed by atoms with E-state index in [2.05, 4.69) is 0 Å². The van der Waals surface area contributed by atoms with Crippen LogP contribution in [0.1, 0.15) is 38.7 Å². The van der Waals surface area contributed by atoms with Crippen LogP contribution in [-0.2, 0) is 4.74 Å². The Balaban J connectivity index is 2.03. The van der Waals surface area contributed by atoms with Crippen LogP contribution in [0.2, 0.25) is 5.02 Å². The van der Waals surface area contributed by atoms with Gasteiger partial charge in [0, 0.05) is 24.0 Å². The Kier molecular flexibility index (Phi) is 4.23. The first-order chi connectivity index (χ1) is 9.26. The Bertz CT molecular complexity index is 513. The molecule has 0 bridgehead atoms. The molecule has 1 atom stereocenters. The highest BCUT2D eigenvalue weighted by Crippen LogP contribution is 2.31. The Morgan fingerprint density at radius 3 is 2.75 bits per heavy atom. The first kappa shape index (κ1) is 15.1. The molecule has 1 fully saturated rings. The summed E-state index contributed by atoms with van der Waals surface area (Å²) in [6, 6.07) is 4.68. The fraction of sp³-hybridized carbons (Fsp3) is 0.533. The number of rotatable bonds is 1. The molecule has 0 aliphatic carbocycles. The molecule has 1 aliphatic rings. The zero-order chi connectivity index (χ0) is 14.9. The molecule has 1 amide bonds. The van der Waals surface area contributed by atoms with Crippen LogP contribution >= 0.6 is 11.6 Å². The monoisotopic (exact) mass is 299 g/mol. The van der Waals surface area contributed by atoms with Gasteiger partial charge in [0.1, 0.15) is 11.4 Å². The van der Waals surface area contributed by atoms with E-state index in [4.69, 9.17) is 16.3 Å². The van der Waals surface area contributed by atoms with Crippen LogP contribution < -0.4 is 0 Å². The maximum absolute atomic E-state index is 13.9. The molecule has 1 heterocycles. The zero-order valence-corrected chi connectivity index (χ0v) is 12.7. The van der Waals surface area contributed by atoms with Crippen molar-refractivity contribution in [2.75, 3.05) is 13.1 Å². The Labute approximate surface area is 123 Å². The van der Waals surface area contributed by atoms with Crippen molar-refractivity contribution in [3.05, 3.63) is 34.6 Å². The highest BCUT2D eigenvalue weighted by Gasteiger charge is 2.31. The minimum atomic E-state index is -0.513. The third kappa shape index (κ3) is 3.63. The molecule has 0 N–H and O–H groups in total. The normalized spacial score (nSPS) is 19.2. The van der Waals surface area contributed by atoms with E-state index in [1.807, 2.05) is 20.8 Å². The van der Waals surface area contributed by atoms with Gasteiger partial charge in [-0.1, -0.05) is 17.7 Å². The lowest BCUT2D eigenvalue weighted by molar-refractivity contribution is 0.0292. The van der Waals surface area contributed by atoms with Crippen LogP contribution in [0.25, 0.3) is 0 Å². The quantitative estimate of drug-likeness (QED) is 0.777. The smallest absolute Gasteiger partial charge is 0.410 e. The number of halogens is 2. The number of ether oxygens (including phenoxy) is 1. The minimum absolute atomic E-state index is 0.000199. The van der Waals surface area contributed by atoms with Crippen molar-refractivity contribution in [2.45, 2.75) is 38.7 Å². The zero-order valence-electron chi connectivity index (χ0n) is 12.0. The van der Waals surface area contributed by atoms with Gasteiger partial charge < -0.3 is 9.64 Å². The summed E-state index contributed by atoms with van der Waals surface area (Å²) in [5.41, 5.74) is 0.0983. The number of hydrogen-bond donors (Lipinski definition) is 0. The van der Waals surface area contributed by atoms with Crippen LogP contribution in [-0.4, -0.2) is 29.7 Å². The summed E-state index contributed by atoms with van der Waals surface area (Å²) in [5, 5.41) is 0.383. The summed E-state index contributed by atoms with van der Waals surface area (Å²) >= 11 is 5.75. The average molecular weight is 300 g/mol. The van der Waals surface area contributed by atoms with E-state index >= 15 is 0 Å². The molecule has 3 nitrogen and oxygen atoms in total. The SMILES string of the molecule is CC(C)(C)OC(=O)N1CCC(c2ccc(Cl)cc2F)C1. The molecule has 0 radical (unpaired) electrons. The molecular weight excluding hydrogens is 281 g/mol. The topological polar surface area (TPSA) is 29.5 Å². The fourth-order valence-electron chi connectivity index (χ4n) is 2.34. The lowest BCUT2D eigenvalue weighted by Crippen LogP contribution is -2.35. The van der Waals surface area contributed by atoms with Gasteiger partial charge >= 0.3 is 6.09 Å². The summed E-state index contributed by atoms with van der Waals surface area (Å²) in [4.78, 5) is 13.6. The summed E-state index contributed by atoms with van der Waals surface area (Å²) < 4.78 is 19.2. The molecule has 1 aliphatic heterocycles. The number of benzene rings is 1.